The summed E-state index contributed by atoms with van der Waals surface area (Å²) in [5, 5.41) is 12.8. The van der Waals surface area contributed by atoms with Gasteiger partial charge in [-0.2, -0.15) is 0 Å². The summed E-state index contributed by atoms with van der Waals surface area (Å²) in [5.41, 5.74) is 1.46. The number of phenolic OH excluding ortho intramolecular Hbond substituents is 1. The minimum atomic E-state index is 0.316. The molecule has 0 saturated carbocycles. The van der Waals surface area contributed by atoms with Crippen molar-refractivity contribution >= 4 is 15.9 Å². The lowest BCUT2D eigenvalue weighted by molar-refractivity contribution is 0.366. The molecule has 0 fully saturated rings. The van der Waals surface area contributed by atoms with Crippen molar-refractivity contribution < 1.29 is 5.11 Å². The number of hydrogen-bond acceptors (Lipinski definition) is 2. The summed E-state index contributed by atoms with van der Waals surface area (Å²) in [5.74, 6) is 0.316. The predicted octanol–water partition coefficient (Wildman–Crippen LogP) is 3.68. The van der Waals surface area contributed by atoms with Crippen LogP contribution >= 0.6 is 15.9 Å². The van der Waals surface area contributed by atoms with E-state index in [2.05, 4.69) is 42.0 Å². The van der Waals surface area contributed by atoms with Crippen molar-refractivity contribution in [2.24, 2.45) is 5.41 Å². The van der Waals surface area contributed by atoms with Gasteiger partial charge in [0.05, 0.1) is 0 Å². The molecule has 0 radical (unpaired) electrons. The van der Waals surface area contributed by atoms with Gasteiger partial charge in [0, 0.05) is 11.0 Å². The van der Waals surface area contributed by atoms with Gasteiger partial charge < -0.3 is 10.4 Å². The number of hydrogen-bond donors (Lipinski definition) is 2. The van der Waals surface area contributed by atoms with E-state index in [9.17, 15) is 5.11 Å². The SMILES string of the molecule is CC(C)(C)CCNCc1cc(O)ccc1Br. The van der Waals surface area contributed by atoms with E-state index >= 15 is 0 Å². The third-order valence-corrected chi connectivity index (χ3v) is 3.17. The van der Waals surface area contributed by atoms with Crippen molar-refractivity contribution in [3.63, 3.8) is 0 Å². The van der Waals surface area contributed by atoms with Crippen molar-refractivity contribution in [1.82, 2.24) is 5.32 Å². The standard InChI is InChI=1S/C13H20BrNO/c1-13(2,3)6-7-15-9-10-8-11(16)4-5-12(10)14/h4-5,8,15-16H,6-7,9H2,1-3H3. The first-order chi connectivity index (χ1) is 7.38. The molecular formula is C13H20BrNO. The van der Waals surface area contributed by atoms with Gasteiger partial charge >= 0.3 is 0 Å². The first-order valence-corrected chi connectivity index (χ1v) is 6.36. The minimum absolute atomic E-state index is 0.316. The quantitative estimate of drug-likeness (QED) is 0.827. The van der Waals surface area contributed by atoms with Crippen molar-refractivity contribution in [2.75, 3.05) is 6.54 Å². The third-order valence-electron chi connectivity index (χ3n) is 2.40. The van der Waals surface area contributed by atoms with Gasteiger partial charge in [-0.3, -0.25) is 0 Å². The van der Waals surface area contributed by atoms with Crippen LogP contribution < -0.4 is 5.32 Å². The smallest absolute Gasteiger partial charge is 0.115 e. The van der Waals surface area contributed by atoms with Crippen LogP contribution in [0.25, 0.3) is 0 Å². The molecule has 0 aliphatic rings. The molecule has 0 heterocycles. The third kappa shape index (κ3) is 4.99. The Morgan fingerprint density at radius 3 is 2.62 bits per heavy atom. The van der Waals surface area contributed by atoms with E-state index in [4.69, 9.17) is 0 Å². The summed E-state index contributed by atoms with van der Waals surface area (Å²) < 4.78 is 1.04. The molecule has 90 valence electrons. The summed E-state index contributed by atoms with van der Waals surface area (Å²) in [7, 11) is 0. The van der Waals surface area contributed by atoms with Gasteiger partial charge in [-0.15, -0.1) is 0 Å². The van der Waals surface area contributed by atoms with E-state index in [-0.39, 0.29) is 0 Å². The number of halogens is 1. The van der Waals surface area contributed by atoms with Crippen molar-refractivity contribution in [3.8, 4) is 5.75 Å². The number of nitrogens with one attached hydrogen (secondary N) is 1. The fourth-order valence-corrected chi connectivity index (χ4v) is 1.77. The second-order valence-corrected chi connectivity index (χ2v) is 6.12. The zero-order valence-electron chi connectivity index (χ0n) is 10.2. The van der Waals surface area contributed by atoms with Gasteiger partial charge in [-0.1, -0.05) is 36.7 Å². The molecule has 1 aromatic rings. The maximum atomic E-state index is 9.37. The van der Waals surface area contributed by atoms with Gasteiger partial charge in [0.25, 0.3) is 0 Å². The summed E-state index contributed by atoms with van der Waals surface area (Å²) in [4.78, 5) is 0. The molecule has 0 aliphatic heterocycles. The number of phenols is 1. The number of rotatable bonds is 4. The summed E-state index contributed by atoms with van der Waals surface area (Å²) in [6.45, 7) is 8.48. The Kier molecular flexibility index (Phi) is 4.81. The lowest BCUT2D eigenvalue weighted by Crippen LogP contribution is -2.20. The molecule has 0 amide bonds. The molecular weight excluding hydrogens is 266 g/mol. The Balaban J connectivity index is 2.40. The van der Waals surface area contributed by atoms with Crippen molar-refractivity contribution in [2.45, 2.75) is 33.7 Å². The van der Waals surface area contributed by atoms with Crippen LogP contribution in [0.5, 0.6) is 5.75 Å². The first kappa shape index (κ1) is 13.5. The molecule has 0 spiro atoms. The molecule has 2 nitrogen and oxygen atoms in total. The second kappa shape index (κ2) is 5.69. The fraction of sp³-hybridized carbons (Fsp3) is 0.538. The zero-order chi connectivity index (χ0) is 12.2. The van der Waals surface area contributed by atoms with Crippen molar-refractivity contribution in [3.05, 3.63) is 28.2 Å². The molecule has 0 bridgehead atoms. The molecule has 0 unspecified atom stereocenters. The van der Waals surface area contributed by atoms with E-state index < -0.39 is 0 Å². The molecule has 0 aromatic heterocycles. The highest BCUT2D eigenvalue weighted by Gasteiger charge is 2.09. The van der Waals surface area contributed by atoms with Crippen LogP contribution in [0.15, 0.2) is 22.7 Å². The van der Waals surface area contributed by atoms with Crippen LogP contribution in [0.1, 0.15) is 32.8 Å². The fourth-order valence-electron chi connectivity index (χ4n) is 1.38. The molecule has 16 heavy (non-hydrogen) atoms. The van der Waals surface area contributed by atoms with E-state index in [1.807, 2.05) is 6.07 Å². The lowest BCUT2D eigenvalue weighted by atomic mass is 9.92. The predicted molar refractivity (Wildman–Crippen MR) is 71.6 cm³/mol. The maximum Gasteiger partial charge on any atom is 0.115 e. The Morgan fingerprint density at radius 1 is 1.31 bits per heavy atom. The second-order valence-electron chi connectivity index (χ2n) is 5.26. The minimum Gasteiger partial charge on any atom is -0.508 e. The van der Waals surface area contributed by atoms with Crippen LogP contribution in [0.2, 0.25) is 0 Å². The average Bonchev–Trinajstić information content (AvgIpc) is 2.16. The molecule has 2 N–H and O–H groups in total. The van der Waals surface area contributed by atoms with E-state index in [0.29, 0.717) is 11.2 Å². The monoisotopic (exact) mass is 285 g/mol. The number of aromatic hydroxyl groups is 1. The molecule has 3 heteroatoms. The molecule has 0 aliphatic carbocycles. The van der Waals surface area contributed by atoms with E-state index in [0.717, 1.165) is 29.5 Å². The van der Waals surface area contributed by atoms with Gasteiger partial charge in [0.15, 0.2) is 0 Å². The highest BCUT2D eigenvalue weighted by molar-refractivity contribution is 9.10. The van der Waals surface area contributed by atoms with Crippen molar-refractivity contribution in [1.29, 1.82) is 0 Å². The summed E-state index contributed by atoms with van der Waals surface area (Å²) >= 11 is 3.47. The van der Waals surface area contributed by atoms with Crippen LogP contribution in [0, 0.1) is 5.41 Å². The normalized spacial score (nSPS) is 11.8. The zero-order valence-corrected chi connectivity index (χ0v) is 11.8. The van der Waals surface area contributed by atoms with Gasteiger partial charge in [-0.05, 0) is 42.1 Å². The molecule has 0 saturated heterocycles. The number of benzene rings is 1. The Morgan fingerprint density at radius 2 is 2.00 bits per heavy atom. The van der Waals surface area contributed by atoms with Crippen LogP contribution in [0.3, 0.4) is 0 Å². The highest BCUT2D eigenvalue weighted by Crippen LogP contribution is 2.22. The van der Waals surface area contributed by atoms with E-state index in [1.54, 1.807) is 12.1 Å². The van der Waals surface area contributed by atoms with Gasteiger partial charge in [-0.25, -0.2) is 0 Å². The van der Waals surface area contributed by atoms with Crippen LogP contribution in [-0.4, -0.2) is 11.7 Å². The molecule has 1 rings (SSSR count). The topological polar surface area (TPSA) is 32.3 Å². The van der Waals surface area contributed by atoms with Gasteiger partial charge in [0.1, 0.15) is 5.75 Å². The first-order valence-electron chi connectivity index (χ1n) is 5.56. The summed E-state index contributed by atoms with van der Waals surface area (Å²) in [6, 6.07) is 5.34. The highest BCUT2D eigenvalue weighted by atomic mass is 79.9. The van der Waals surface area contributed by atoms with Gasteiger partial charge in [0.2, 0.25) is 0 Å². The molecule has 0 atom stereocenters. The lowest BCUT2D eigenvalue weighted by Gasteiger charge is -2.18. The van der Waals surface area contributed by atoms with E-state index in [1.165, 1.54) is 0 Å². The Bertz CT molecular complexity index is 344. The largest absolute Gasteiger partial charge is 0.508 e. The van der Waals surface area contributed by atoms with Crippen LogP contribution in [-0.2, 0) is 6.54 Å². The Hall–Kier alpha value is -0.540. The maximum absolute atomic E-state index is 9.37. The van der Waals surface area contributed by atoms with Crippen LogP contribution in [0.4, 0.5) is 0 Å². The summed E-state index contributed by atoms with van der Waals surface area (Å²) in [6.07, 6.45) is 1.14. The molecule has 1 aromatic carbocycles. The Labute approximate surface area is 106 Å². The average molecular weight is 286 g/mol.